The zero-order chi connectivity index (χ0) is 16.2. The van der Waals surface area contributed by atoms with Crippen molar-refractivity contribution < 1.29 is 9.53 Å². The Morgan fingerprint density at radius 3 is 3.00 bits per heavy atom. The number of nitrogens with one attached hydrogen (secondary N) is 2. The molecule has 6 heteroatoms. The van der Waals surface area contributed by atoms with Crippen LogP contribution in [0.25, 0.3) is 10.9 Å². The highest BCUT2D eigenvalue weighted by Gasteiger charge is 2.06. The Kier molecular flexibility index (Phi) is 4.43. The van der Waals surface area contributed by atoms with Crippen molar-refractivity contribution in [3.8, 4) is 5.75 Å². The van der Waals surface area contributed by atoms with Gasteiger partial charge in [-0.2, -0.15) is 5.10 Å². The number of fused-ring (bicyclic) bond motifs is 1. The van der Waals surface area contributed by atoms with Crippen LogP contribution in [-0.4, -0.2) is 24.2 Å². The van der Waals surface area contributed by atoms with Crippen molar-refractivity contribution in [1.29, 1.82) is 0 Å². The fourth-order valence-corrected chi connectivity index (χ4v) is 2.57. The van der Waals surface area contributed by atoms with Crippen molar-refractivity contribution in [1.82, 2.24) is 10.4 Å². The van der Waals surface area contributed by atoms with Gasteiger partial charge < -0.3 is 9.72 Å². The second-order valence-corrected chi connectivity index (χ2v) is 5.78. The minimum Gasteiger partial charge on any atom is -0.497 e. The predicted molar refractivity (Wildman–Crippen MR) is 94.1 cm³/mol. The molecule has 3 aromatic rings. The van der Waals surface area contributed by atoms with Crippen molar-refractivity contribution in [3.05, 3.63) is 64.3 Å². The molecule has 0 unspecified atom stereocenters. The molecule has 2 aromatic carbocycles. The van der Waals surface area contributed by atoms with Crippen LogP contribution in [0.5, 0.6) is 5.75 Å². The monoisotopic (exact) mass is 371 g/mol. The molecule has 0 radical (unpaired) electrons. The summed E-state index contributed by atoms with van der Waals surface area (Å²) in [5.41, 5.74) is 4.91. The van der Waals surface area contributed by atoms with Crippen LogP contribution in [0.4, 0.5) is 0 Å². The molecular formula is C17H14BrN3O2. The summed E-state index contributed by atoms with van der Waals surface area (Å²) < 4.78 is 6.09. The van der Waals surface area contributed by atoms with E-state index in [0.29, 0.717) is 11.3 Å². The van der Waals surface area contributed by atoms with Gasteiger partial charge in [-0.1, -0.05) is 22.0 Å². The molecule has 1 amide bonds. The molecule has 0 saturated carbocycles. The number of nitrogens with zero attached hydrogens (tertiary/aromatic N) is 1. The van der Waals surface area contributed by atoms with Gasteiger partial charge in [0.25, 0.3) is 5.91 Å². The molecule has 0 aliphatic heterocycles. The maximum absolute atomic E-state index is 12.1. The number of rotatable bonds is 4. The second-order valence-electron chi connectivity index (χ2n) is 4.87. The topological polar surface area (TPSA) is 66.5 Å². The van der Waals surface area contributed by atoms with Gasteiger partial charge in [-0.05, 0) is 36.4 Å². The summed E-state index contributed by atoms with van der Waals surface area (Å²) in [6, 6.07) is 12.8. The third-order valence-corrected chi connectivity index (χ3v) is 3.87. The van der Waals surface area contributed by atoms with Gasteiger partial charge in [-0.15, -0.1) is 0 Å². The summed E-state index contributed by atoms with van der Waals surface area (Å²) in [5.74, 6) is 0.337. The fraction of sp³-hybridized carbons (Fsp3) is 0.0588. The van der Waals surface area contributed by atoms with Gasteiger partial charge >= 0.3 is 0 Å². The average Bonchev–Trinajstić information content (AvgIpc) is 2.97. The van der Waals surface area contributed by atoms with E-state index in [2.05, 4.69) is 31.4 Å². The number of ether oxygens (including phenoxy) is 1. The van der Waals surface area contributed by atoms with Crippen LogP contribution in [0.2, 0.25) is 0 Å². The van der Waals surface area contributed by atoms with Crippen LogP contribution < -0.4 is 10.2 Å². The lowest BCUT2D eigenvalue weighted by Gasteiger charge is -2.02. The molecular weight excluding hydrogens is 358 g/mol. The van der Waals surface area contributed by atoms with Gasteiger partial charge in [0.2, 0.25) is 0 Å². The number of methoxy groups -OCH3 is 1. The van der Waals surface area contributed by atoms with E-state index in [4.69, 9.17) is 4.74 Å². The normalized spacial score (nSPS) is 11.0. The molecule has 0 bridgehead atoms. The van der Waals surface area contributed by atoms with E-state index in [1.807, 2.05) is 24.4 Å². The van der Waals surface area contributed by atoms with Crippen molar-refractivity contribution in [3.63, 3.8) is 0 Å². The molecule has 1 heterocycles. The summed E-state index contributed by atoms with van der Waals surface area (Å²) in [4.78, 5) is 15.2. The lowest BCUT2D eigenvalue weighted by atomic mass is 10.2. The van der Waals surface area contributed by atoms with Gasteiger partial charge in [0, 0.05) is 32.7 Å². The van der Waals surface area contributed by atoms with Crippen LogP contribution in [0.3, 0.4) is 0 Å². The fourth-order valence-electron chi connectivity index (χ4n) is 2.21. The maximum Gasteiger partial charge on any atom is 0.271 e. The van der Waals surface area contributed by atoms with Crippen molar-refractivity contribution in [2.45, 2.75) is 0 Å². The number of hydrazone groups is 1. The number of aromatic amines is 1. The molecule has 23 heavy (non-hydrogen) atoms. The molecule has 2 N–H and O–H groups in total. The minimum atomic E-state index is -0.291. The Morgan fingerprint density at radius 1 is 1.30 bits per heavy atom. The van der Waals surface area contributed by atoms with E-state index >= 15 is 0 Å². The van der Waals surface area contributed by atoms with Crippen LogP contribution in [-0.2, 0) is 0 Å². The van der Waals surface area contributed by atoms with Crippen LogP contribution >= 0.6 is 15.9 Å². The maximum atomic E-state index is 12.1. The highest BCUT2D eigenvalue weighted by atomic mass is 79.9. The smallest absolute Gasteiger partial charge is 0.271 e. The van der Waals surface area contributed by atoms with Crippen molar-refractivity contribution >= 4 is 39.0 Å². The quantitative estimate of drug-likeness (QED) is 0.542. The largest absolute Gasteiger partial charge is 0.497 e. The first-order chi connectivity index (χ1) is 11.2. The number of hydrogen-bond donors (Lipinski definition) is 2. The number of carbonyl (C=O) groups excluding carboxylic acids is 1. The third-order valence-electron chi connectivity index (χ3n) is 3.38. The Labute approximate surface area is 141 Å². The standard InChI is InChI=1S/C17H14BrN3O2/c1-23-14-4-2-3-11(7-14)17(22)21-20-10-12-9-19-16-6-5-13(18)8-15(12)16/h2-10,19H,1H3,(H,21,22)/b20-10+. The lowest BCUT2D eigenvalue weighted by Crippen LogP contribution is -2.17. The zero-order valence-corrected chi connectivity index (χ0v) is 13.9. The van der Waals surface area contributed by atoms with Gasteiger partial charge in [0.15, 0.2) is 0 Å². The molecule has 0 saturated heterocycles. The Balaban J connectivity index is 1.74. The number of carbonyl (C=O) groups is 1. The highest BCUT2D eigenvalue weighted by Crippen LogP contribution is 2.21. The van der Waals surface area contributed by atoms with Crippen LogP contribution in [0.15, 0.2) is 58.2 Å². The lowest BCUT2D eigenvalue weighted by molar-refractivity contribution is 0.0955. The Hall–Kier alpha value is -2.60. The Morgan fingerprint density at radius 2 is 2.17 bits per heavy atom. The average molecular weight is 372 g/mol. The summed E-state index contributed by atoms with van der Waals surface area (Å²) in [6.45, 7) is 0. The molecule has 0 atom stereocenters. The first-order valence-electron chi connectivity index (χ1n) is 6.91. The van der Waals surface area contributed by atoms with E-state index in [1.54, 1.807) is 37.6 Å². The summed E-state index contributed by atoms with van der Waals surface area (Å²) >= 11 is 3.45. The number of H-pyrrole nitrogens is 1. The molecule has 0 aliphatic carbocycles. The number of benzene rings is 2. The van der Waals surface area contributed by atoms with E-state index in [-0.39, 0.29) is 5.91 Å². The summed E-state index contributed by atoms with van der Waals surface area (Å²) in [7, 11) is 1.56. The van der Waals surface area contributed by atoms with Crippen molar-refractivity contribution in [2.24, 2.45) is 5.10 Å². The van der Waals surface area contributed by atoms with E-state index in [0.717, 1.165) is 20.9 Å². The van der Waals surface area contributed by atoms with E-state index in [9.17, 15) is 4.79 Å². The predicted octanol–water partition coefficient (Wildman–Crippen LogP) is 3.70. The van der Waals surface area contributed by atoms with Crippen molar-refractivity contribution in [2.75, 3.05) is 7.11 Å². The van der Waals surface area contributed by atoms with Gasteiger partial charge in [-0.25, -0.2) is 5.43 Å². The highest BCUT2D eigenvalue weighted by molar-refractivity contribution is 9.10. The minimum absolute atomic E-state index is 0.291. The van der Waals surface area contributed by atoms with E-state index in [1.165, 1.54) is 0 Å². The number of aromatic nitrogens is 1. The molecule has 116 valence electrons. The summed E-state index contributed by atoms with van der Waals surface area (Å²) in [5, 5.41) is 5.05. The first-order valence-corrected chi connectivity index (χ1v) is 7.71. The molecule has 0 fully saturated rings. The zero-order valence-electron chi connectivity index (χ0n) is 12.3. The number of halogens is 1. The number of amides is 1. The molecule has 0 spiro atoms. The van der Waals surface area contributed by atoms with E-state index < -0.39 is 0 Å². The van der Waals surface area contributed by atoms with Gasteiger partial charge in [0.1, 0.15) is 5.75 Å². The summed E-state index contributed by atoms with van der Waals surface area (Å²) in [6.07, 6.45) is 3.46. The van der Waals surface area contributed by atoms with Gasteiger partial charge in [0.05, 0.1) is 13.3 Å². The SMILES string of the molecule is COc1cccc(C(=O)N/N=C/c2c[nH]c3ccc(Br)cc23)c1. The first kappa shape index (κ1) is 15.3. The molecule has 3 rings (SSSR count). The second kappa shape index (κ2) is 6.66. The number of hydrogen-bond acceptors (Lipinski definition) is 3. The Bertz CT molecular complexity index is 886. The van der Waals surface area contributed by atoms with Crippen LogP contribution in [0, 0.1) is 0 Å². The molecule has 5 nitrogen and oxygen atoms in total. The molecule has 0 aliphatic rings. The molecule has 1 aromatic heterocycles. The van der Waals surface area contributed by atoms with Gasteiger partial charge in [-0.3, -0.25) is 4.79 Å². The van der Waals surface area contributed by atoms with Crippen LogP contribution in [0.1, 0.15) is 15.9 Å². The third kappa shape index (κ3) is 3.43.